The predicted molar refractivity (Wildman–Crippen MR) is 46.5 cm³/mol. The van der Waals surface area contributed by atoms with Gasteiger partial charge in [-0.25, -0.2) is 0 Å². The second-order valence-corrected chi connectivity index (χ2v) is 2.91. The molecule has 0 aromatic carbocycles. The van der Waals surface area contributed by atoms with Gasteiger partial charge in [-0.2, -0.15) is 0 Å². The first-order valence-electron chi connectivity index (χ1n) is 3.27. The Hall–Kier alpha value is -1.09. The van der Waals surface area contributed by atoms with Crippen molar-refractivity contribution in [1.29, 1.82) is 0 Å². The Morgan fingerprint density at radius 3 is 3.00 bits per heavy atom. The summed E-state index contributed by atoms with van der Waals surface area (Å²) >= 11 is 1.48. The number of hydrogen-bond acceptors (Lipinski definition) is 2. The minimum absolute atomic E-state index is 0.744. The van der Waals surface area contributed by atoms with Gasteiger partial charge in [0.25, 0.3) is 11.2 Å². The number of allylic oxidation sites excluding steroid dienone is 1. The fourth-order valence-electron chi connectivity index (χ4n) is 0.807. The maximum atomic E-state index is 9.18. The first-order valence-corrected chi connectivity index (χ1v) is 4.15. The molecule has 0 radical (unpaired) electrons. The molecule has 0 aliphatic heterocycles. The van der Waals surface area contributed by atoms with Crippen LogP contribution in [0.5, 0.6) is 0 Å². The molecule has 1 heterocycles. The molecule has 1 N–H and O–H groups in total. The van der Waals surface area contributed by atoms with E-state index in [1.54, 1.807) is 11.6 Å². The van der Waals surface area contributed by atoms with Crippen molar-refractivity contribution in [2.24, 2.45) is 0 Å². The molecule has 3 heteroatoms. The lowest BCUT2D eigenvalue weighted by atomic mass is 10.3. The minimum Gasteiger partial charge on any atom is -0.284 e. The number of thiazole rings is 1. The summed E-state index contributed by atoms with van der Waals surface area (Å²) in [6, 6.07) is 0. The van der Waals surface area contributed by atoms with E-state index in [2.05, 4.69) is 6.58 Å². The van der Waals surface area contributed by atoms with Crippen molar-refractivity contribution in [3.8, 4) is 0 Å². The van der Waals surface area contributed by atoms with Crippen molar-refractivity contribution in [2.75, 3.05) is 0 Å². The van der Waals surface area contributed by atoms with Gasteiger partial charge in [0.05, 0.1) is 0 Å². The molecule has 0 amide bonds. The van der Waals surface area contributed by atoms with Crippen molar-refractivity contribution in [3.05, 3.63) is 28.7 Å². The van der Waals surface area contributed by atoms with Crippen LogP contribution in [0.15, 0.2) is 18.2 Å². The van der Waals surface area contributed by atoms with Crippen LogP contribution < -0.4 is 4.73 Å². The normalized spacial score (nSPS) is 10.6. The summed E-state index contributed by atoms with van der Waals surface area (Å²) in [5.41, 5.74) is 2.37. The van der Waals surface area contributed by atoms with Gasteiger partial charge in [0.1, 0.15) is 4.88 Å². The second-order valence-electron chi connectivity index (χ2n) is 2.02. The average molecular weight is 168 g/mol. The summed E-state index contributed by atoms with van der Waals surface area (Å²) in [5, 5.41) is 9.18. The molecule has 0 unspecified atom stereocenters. The number of aromatic nitrogens is 1. The lowest BCUT2D eigenvalue weighted by molar-refractivity contribution is -0.902. The first-order chi connectivity index (χ1) is 5.29. The van der Waals surface area contributed by atoms with Crippen LogP contribution in [-0.2, 0) is 0 Å². The fraction of sp³-hybridized carbons (Fsp3) is 0.125. The van der Waals surface area contributed by atoms with Gasteiger partial charge in [0, 0.05) is 10.8 Å². The molecular weight excluding hydrogens is 158 g/mol. The van der Waals surface area contributed by atoms with Crippen LogP contribution in [-0.4, -0.2) is 5.21 Å². The summed E-state index contributed by atoms with van der Waals surface area (Å²) < 4.78 is 1.08. The van der Waals surface area contributed by atoms with E-state index < -0.39 is 0 Å². The quantitative estimate of drug-likeness (QED) is 0.529. The minimum atomic E-state index is 0.744. The Morgan fingerprint density at radius 2 is 2.45 bits per heavy atom. The second kappa shape index (κ2) is 3.34. The van der Waals surface area contributed by atoms with Crippen molar-refractivity contribution in [3.63, 3.8) is 0 Å². The largest absolute Gasteiger partial charge is 0.284 e. The number of nitrogens with zero attached hydrogens (tertiary/aromatic N) is 1. The number of hydrogen-bond donors (Lipinski definition) is 1. The average Bonchev–Trinajstić information content (AvgIpc) is 2.33. The van der Waals surface area contributed by atoms with E-state index in [9.17, 15) is 5.21 Å². The topological polar surface area (TPSA) is 24.1 Å². The van der Waals surface area contributed by atoms with Gasteiger partial charge in [-0.3, -0.25) is 5.21 Å². The molecule has 11 heavy (non-hydrogen) atoms. The van der Waals surface area contributed by atoms with Crippen molar-refractivity contribution in [2.45, 2.75) is 6.92 Å². The van der Waals surface area contributed by atoms with E-state index >= 15 is 0 Å². The highest BCUT2D eigenvalue weighted by molar-refractivity contribution is 7.10. The van der Waals surface area contributed by atoms with E-state index in [1.165, 1.54) is 11.3 Å². The molecule has 58 valence electrons. The van der Waals surface area contributed by atoms with E-state index in [-0.39, 0.29) is 0 Å². The predicted octanol–water partition coefficient (Wildman–Crippen LogP) is 1.95. The van der Waals surface area contributed by atoms with Crippen LogP contribution in [0.2, 0.25) is 0 Å². The van der Waals surface area contributed by atoms with Crippen LogP contribution in [0.25, 0.3) is 12.2 Å². The SMILES string of the molecule is C=Cc1c(/C=C\C)sc[n+]1O. The molecule has 0 aliphatic rings. The molecule has 0 saturated heterocycles. The van der Waals surface area contributed by atoms with Gasteiger partial charge in [-0.05, 0) is 13.0 Å². The molecule has 0 fully saturated rings. The van der Waals surface area contributed by atoms with Gasteiger partial charge in [0.2, 0.25) is 0 Å². The Balaban J connectivity index is 3.15. The van der Waals surface area contributed by atoms with Crippen molar-refractivity contribution < 1.29 is 9.94 Å². The van der Waals surface area contributed by atoms with Gasteiger partial charge in [0.15, 0.2) is 0 Å². The third-order valence-corrected chi connectivity index (χ3v) is 2.19. The van der Waals surface area contributed by atoms with E-state index in [0.29, 0.717) is 0 Å². The van der Waals surface area contributed by atoms with E-state index in [1.807, 2.05) is 19.1 Å². The van der Waals surface area contributed by atoms with Crippen molar-refractivity contribution in [1.82, 2.24) is 0 Å². The zero-order valence-electron chi connectivity index (χ0n) is 6.32. The molecule has 1 aromatic heterocycles. The highest BCUT2D eigenvalue weighted by Crippen LogP contribution is 2.13. The highest BCUT2D eigenvalue weighted by Gasteiger charge is 2.12. The van der Waals surface area contributed by atoms with Gasteiger partial charge >= 0.3 is 0 Å². The van der Waals surface area contributed by atoms with Crippen LogP contribution in [0, 0.1) is 0 Å². The zero-order valence-corrected chi connectivity index (χ0v) is 7.14. The Kier molecular flexibility index (Phi) is 2.44. The summed E-state index contributed by atoms with van der Waals surface area (Å²) in [6.45, 7) is 5.54. The molecule has 0 bridgehead atoms. The third-order valence-electron chi connectivity index (χ3n) is 1.29. The van der Waals surface area contributed by atoms with Crippen LogP contribution >= 0.6 is 11.3 Å². The van der Waals surface area contributed by atoms with Crippen LogP contribution in [0.1, 0.15) is 17.5 Å². The summed E-state index contributed by atoms with van der Waals surface area (Å²) in [6.07, 6.45) is 5.50. The zero-order chi connectivity index (χ0) is 8.27. The monoisotopic (exact) mass is 168 g/mol. The lowest BCUT2D eigenvalue weighted by Crippen LogP contribution is -2.29. The van der Waals surface area contributed by atoms with Gasteiger partial charge in [-0.1, -0.05) is 24.0 Å². The molecule has 1 aromatic rings. The molecule has 1 rings (SSSR count). The molecule has 0 atom stereocenters. The standard InChI is InChI=1S/C8H10NOS/c1-3-5-8-7(4-2)9(10)6-11-8/h3-6,10H,2H2,1H3/q+1/b5-3-. The van der Waals surface area contributed by atoms with Gasteiger partial charge < -0.3 is 0 Å². The molecule has 0 spiro atoms. The molecule has 0 saturated carbocycles. The summed E-state index contributed by atoms with van der Waals surface area (Å²) in [7, 11) is 0. The Morgan fingerprint density at radius 1 is 1.73 bits per heavy atom. The van der Waals surface area contributed by atoms with Crippen molar-refractivity contribution >= 4 is 23.5 Å². The third kappa shape index (κ3) is 1.49. The van der Waals surface area contributed by atoms with Gasteiger partial charge in [-0.15, -0.1) is 0 Å². The summed E-state index contributed by atoms with van der Waals surface area (Å²) in [4.78, 5) is 1.02. The summed E-state index contributed by atoms with van der Waals surface area (Å²) in [5.74, 6) is 0. The maximum Gasteiger partial charge on any atom is 0.278 e. The maximum absolute atomic E-state index is 9.18. The fourth-order valence-corrected chi connectivity index (χ4v) is 1.65. The van der Waals surface area contributed by atoms with Crippen LogP contribution in [0.3, 0.4) is 0 Å². The molecule has 0 aliphatic carbocycles. The lowest BCUT2D eigenvalue weighted by Gasteiger charge is -1.81. The first kappa shape index (κ1) is 8.01. The highest BCUT2D eigenvalue weighted by atomic mass is 32.1. The van der Waals surface area contributed by atoms with E-state index in [0.717, 1.165) is 15.3 Å². The molecule has 2 nitrogen and oxygen atoms in total. The smallest absolute Gasteiger partial charge is 0.278 e. The van der Waals surface area contributed by atoms with Crippen LogP contribution in [0.4, 0.5) is 0 Å². The number of rotatable bonds is 2. The van der Waals surface area contributed by atoms with E-state index in [4.69, 9.17) is 0 Å². The Labute approximate surface area is 69.7 Å². The Bertz CT molecular complexity index is 288. The molecular formula is C8H10NOS+.